The number of hydrogen-bond acceptors (Lipinski definition) is 5. The molecule has 1 unspecified atom stereocenters. The molecule has 1 atom stereocenters. The van der Waals surface area contributed by atoms with E-state index in [1.54, 1.807) is 4.90 Å². The Balaban J connectivity index is 2.02. The lowest BCUT2D eigenvalue weighted by atomic mass is 10.1. The smallest absolute Gasteiger partial charge is 0.433 e. The van der Waals surface area contributed by atoms with Gasteiger partial charge in [-0.05, 0) is 18.6 Å². The Morgan fingerprint density at radius 2 is 1.96 bits per heavy atom. The van der Waals surface area contributed by atoms with Crippen LogP contribution in [0.1, 0.15) is 12.1 Å². The largest absolute Gasteiger partial charge is 0.481 e. The lowest BCUT2D eigenvalue weighted by Gasteiger charge is -2.19. The number of carboxylic acids is 1. The van der Waals surface area contributed by atoms with E-state index in [0.29, 0.717) is 18.5 Å². The first-order chi connectivity index (χ1) is 11.3. The molecule has 1 fully saturated rings. The van der Waals surface area contributed by atoms with Crippen LogP contribution in [-0.4, -0.2) is 39.1 Å². The van der Waals surface area contributed by atoms with Crippen LogP contribution < -0.4 is 4.90 Å². The summed E-state index contributed by atoms with van der Waals surface area (Å²) in [6.07, 6.45) is -1.37. The standard InChI is InChI=1S/C15H13F3N4O2/c16-15(17,18)11-7-12(22-6-3-10(8-22)14(23)24)21-13(20-11)9-1-4-19-5-2-9/h1-2,4-5,7,10H,3,6,8H2,(H,23,24). The van der Waals surface area contributed by atoms with Crippen LogP contribution in [-0.2, 0) is 11.0 Å². The molecule has 0 saturated carbocycles. The minimum absolute atomic E-state index is 0.0685. The fraction of sp³-hybridized carbons (Fsp3) is 0.333. The predicted molar refractivity (Wildman–Crippen MR) is 78.2 cm³/mol. The van der Waals surface area contributed by atoms with Crippen LogP contribution in [0.25, 0.3) is 11.4 Å². The fourth-order valence-corrected chi connectivity index (χ4v) is 2.54. The molecule has 3 heterocycles. The second-order valence-electron chi connectivity index (χ2n) is 5.44. The molecular weight excluding hydrogens is 325 g/mol. The lowest BCUT2D eigenvalue weighted by Crippen LogP contribution is -2.24. The van der Waals surface area contributed by atoms with Gasteiger partial charge < -0.3 is 10.0 Å². The maximum atomic E-state index is 13.1. The van der Waals surface area contributed by atoms with Crippen LogP contribution >= 0.6 is 0 Å². The highest BCUT2D eigenvalue weighted by Gasteiger charge is 2.36. The topological polar surface area (TPSA) is 79.2 Å². The second-order valence-corrected chi connectivity index (χ2v) is 5.44. The van der Waals surface area contributed by atoms with Crippen molar-refractivity contribution < 1.29 is 23.1 Å². The molecule has 1 N–H and O–H groups in total. The van der Waals surface area contributed by atoms with Gasteiger partial charge in [-0.3, -0.25) is 9.78 Å². The molecule has 126 valence electrons. The number of hydrogen-bond donors (Lipinski definition) is 1. The van der Waals surface area contributed by atoms with E-state index in [1.165, 1.54) is 24.5 Å². The van der Waals surface area contributed by atoms with E-state index in [9.17, 15) is 18.0 Å². The van der Waals surface area contributed by atoms with Crippen molar-refractivity contribution in [2.45, 2.75) is 12.6 Å². The molecule has 3 rings (SSSR count). The van der Waals surface area contributed by atoms with E-state index in [2.05, 4.69) is 15.0 Å². The number of carboxylic acid groups (broad SMARTS) is 1. The normalized spacial score (nSPS) is 18.0. The fourth-order valence-electron chi connectivity index (χ4n) is 2.54. The maximum Gasteiger partial charge on any atom is 0.433 e. The second kappa shape index (κ2) is 6.06. The zero-order valence-corrected chi connectivity index (χ0v) is 12.4. The minimum Gasteiger partial charge on any atom is -0.481 e. The Hall–Kier alpha value is -2.71. The number of nitrogens with zero attached hydrogens (tertiary/aromatic N) is 4. The average Bonchev–Trinajstić information content (AvgIpc) is 3.05. The predicted octanol–water partition coefficient (Wildman–Crippen LogP) is 2.47. The highest BCUT2D eigenvalue weighted by molar-refractivity contribution is 5.72. The summed E-state index contributed by atoms with van der Waals surface area (Å²) in [5.74, 6) is -1.57. The van der Waals surface area contributed by atoms with Gasteiger partial charge in [0.15, 0.2) is 11.5 Å². The van der Waals surface area contributed by atoms with Crippen molar-refractivity contribution >= 4 is 11.8 Å². The third-order valence-electron chi connectivity index (χ3n) is 3.80. The summed E-state index contributed by atoms with van der Waals surface area (Å²) >= 11 is 0. The van der Waals surface area contributed by atoms with Gasteiger partial charge in [0.25, 0.3) is 0 Å². The number of halogens is 3. The summed E-state index contributed by atoms with van der Waals surface area (Å²) in [6, 6.07) is 3.89. The number of aliphatic carboxylic acids is 1. The van der Waals surface area contributed by atoms with Gasteiger partial charge in [-0.2, -0.15) is 13.2 Å². The van der Waals surface area contributed by atoms with Gasteiger partial charge in [-0.1, -0.05) is 0 Å². The van der Waals surface area contributed by atoms with Crippen LogP contribution in [0.3, 0.4) is 0 Å². The number of rotatable bonds is 3. The summed E-state index contributed by atoms with van der Waals surface area (Å²) < 4.78 is 39.4. The Bertz CT molecular complexity index is 752. The van der Waals surface area contributed by atoms with Crippen LogP contribution in [0.2, 0.25) is 0 Å². The van der Waals surface area contributed by atoms with Crippen LogP contribution in [0.4, 0.5) is 19.0 Å². The zero-order valence-electron chi connectivity index (χ0n) is 12.4. The van der Waals surface area contributed by atoms with Gasteiger partial charge in [0.1, 0.15) is 5.82 Å². The van der Waals surface area contributed by atoms with Crippen molar-refractivity contribution in [2.75, 3.05) is 18.0 Å². The van der Waals surface area contributed by atoms with E-state index in [1.807, 2.05) is 0 Å². The van der Waals surface area contributed by atoms with E-state index < -0.39 is 23.8 Å². The van der Waals surface area contributed by atoms with E-state index >= 15 is 0 Å². The van der Waals surface area contributed by atoms with Crippen molar-refractivity contribution in [3.63, 3.8) is 0 Å². The maximum absolute atomic E-state index is 13.1. The number of carbonyl (C=O) groups is 1. The number of alkyl halides is 3. The molecule has 24 heavy (non-hydrogen) atoms. The van der Waals surface area contributed by atoms with Gasteiger partial charge in [-0.15, -0.1) is 0 Å². The number of anilines is 1. The lowest BCUT2D eigenvalue weighted by molar-refractivity contribution is -0.142. The highest BCUT2D eigenvalue weighted by atomic mass is 19.4. The van der Waals surface area contributed by atoms with Gasteiger partial charge in [0.05, 0.1) is 5.92 Å². The van der Waals surface area contributed by atoms with Crippen molar-refractivity contribution in [3.8, 4) is 11.4 Å². The first-order valence-corrected chi connectivity index (χ1v) is 7.19. The van der Waals surface area contributed by atoms with Crippen LogP contribution in [0, 0.1) is 5.92 Å². The molecule has 0 amide bonds. The molecule has 9 heteroatoms. The molecule has 0 spiro atoms. The van der Waals surface area contributed by atoms with Crippen molar-refractivity contribution in [1.82, 2.24) is 15.0 Å². The molecule has 2 aromatic heterocycles. The summed E-state index contributed by atoms with van der Waals surface area (Å²) in [4.78, 5) is 24.2. The Kier molecular flexibility index (Phi) is 4.08. The molecular formula is C15H13F3N4O2. The third-order valence-corrected chi connectivity index (χ3v) is 3.80. The van der Waals surface area contributed by atoms with Gasteiger partial charge in [0, 0.05) is 37.1 Å². The van der Waals surface area contributed by atoms with E-state index in [0.717, 1.165) is 6.07 Å². The first kappa shape index (κ1) is 16.2. The Labute approximate surface area is 135 Å². The van der Waals surface area contributed by atoms with Gasteiger partial charge in [0.2, 0.25) is 0 Å². The molecule has 1 aliphatic rings. The third kappa shape index (κ3) is 3.29. The van der Waals surface area contributed by atoms with Crippen molar-refractivity contribution in [3.05, 3.63) is 36.3 Å². The quantitative estimate of drug-likeness (QED) is 0.926. The Morgan fingerprint density at radius 3 is 2.54 bits per heavy atom. The molecule has 2 aromatic rings. The molecule has 0 aromatic carbocycles. The SMILES string of the molecule is O=C(O)C1CCN(c2cc(C(F)(F)F)nc(-c3ccncc3)n2)C1. The minimum atomic E-state index is -4.62. The van der Waals surface area contributed by atoms with Gasteiger partial charge >= 0.3 is 12.1 Å². The molecule has 0 radical (unpaired) electrons. The summed E-state index contributed by atoms with van der Waals surface area (Å²) in [5.41, 5.74) is -0.649. The van der Waals surface area contributed by atoms with Gasteiger partial charge in [-0.25, -0.2) is 9.97 Å². The van der Waals surface area contributed by atoms with E-state index in [-0.39, 0.29) is 18.2 Å². The number of aromatic nitrogens is 3. The molecule has 0 bridgehead atoms. The number of pyridine rings is 1. The summed E-state index contributed by atoms with van der Waals surface area (Å²) in [7, 11) is 0. The van der Waals surface area contributed by atoms with Crippen LogP contribution in [0.15, 0.2) is 30.6 Å². The Morgan fingerprint density at radius 1 is 1.25 bits per heavy atom. The van der Waals surface area contributed by atoms with Crippen molar-refractivity contribution in [2.24, 2.45) is 5.92 Å². The monoisotopic (exact) mass is 338 g/mol. The van der Waals surface area contributed by atoms with Crippen LogP contribution in [0.5, 0.6) is 0 Å². The summed E-state index contributed by atoms with van der Waals surface area (Å²) in [6.45, 7) is 0.459. The molecule has 1 saturated heterocycles. The summed E-state index contributed by atoms with van der Waals surface area (Å²) in [5, 5.41) is 9.05. The first-order valence-electron chi connectivity index (χ1n) is 7.19. The van der Waals surface area contributed by atoms with Crippen molar-refractivity contribution in [1.29, 1.82) is 0 Å². The average molecular weight is 338 g/mol. The van der Waals surface area contributed by atoms with E-state index in [4.69, 9.17) is 5.11 Å². The highest BCUT2D eigenvalue weighted by Crippen LogP contribution is 2.33. The molecule has 1 aliphatic heterocycles. The molecule has 6 nitrogen and oxygen atoms in total. The zero-order chi connectivity index (χ0) is 17.3. The molecule has 0 aliphatic carbocycles.